The zero-order valence-corrected chi connectivity index (χ0v) is 23.0. The number of ether oxygens (including phenoxy) is 1. The first-order valence-corrected chi connectivity index (χ1v) is 12.9. The van der Waals surface area contributed by atoms with Crippen molar-refractivity contribution in [1.29, 1.82) is 0 Å². The standard InChI is InChI=1S/C31H32F3N5O2/c1-20(37-24-14-9-13-23(17-24)28(35)22-11-6-5-7-12-22)26-18-27(31(32,33)34)38-39(26)25-15-8-10-21(16-25)19-36-29(40)41-30(2,3)4/h5-18,28,37H,1,19,35H2,2-4H3,(H,36,40). The van der Waals surface area contributed by atoms with Crippen LogP contribution < -0.4 is 16.4 Å². The van der Waals surface area contributed by atoms with Crippen LogP contribution in [-0.2, 0) is 17.5 Å². The monoisotopic (exact) mass is 563 g/mol. The second-order valence-corrected chi connectivity index (χ2v) is 10.5. The van der Waals surface area contributed by atoms with Gasteiger partial charge in [0.05, 0.1) is 23.1 Å². The van der Waals surface area contributed by atoms with Crippen molar-refractivity contribution >= 4 is 17.5 Å². The van der Waals surface area contributed by atoms with Gasteiger partial charge in [-0.25, -0.2) is 9.48 Å². The fourth-order valence-electron chi connectivity index (χ4n) is 4.12. The number of alkyl carbamates (subject to hydrolysis) is 1. The van der Waals surface area contributed by atoms with Gasteiger partial charge >= 0.3 is 12.3 Å². The summed E-state index contributed by atoms with van der Waals surface area (Å²) in [7, 11) is 0. The van der Waals surface area contributed by atoms with Crippen molar-refractivity contribution in [3.05, 3.63) is 120 Å². The minimum Gasteiger partial charge on any atom is -0.444 e. The molecule has 0 spiro atoms. The largest absolute Gasteiger partial charge is 0.444 e. The summed E-state index contributed by atoms with van der Waals surface area (Å²) in [6.45, 7) is 9.37. The summed E-state index contributed by atoms with van der Waals surface area (Å²) in [5, 5.41) is 9.60. The van der Waals surface area contributed by atoms with E-state index in [4.69, 9.17) is 10.5 Å². The SMILES string of the molecule is C=C(Nc1cccc(C(N)c2ccccc2)c1)c1cc(C(F)(F)F)nn1-c1cccc(CNC(=O)OC(C)(C)C)c1. The fourth-order valence-corrected chi connectivity index (χ4v) is 4.12. The number of nitrogens with two attached hydrogens (primary N) is 1. The van der Waals surface area contributed by atoms with Gasteiger partial charge in [-0.05, 0) is 67.8 Å². The molecule has 1 unspecified atom stereocenters. The molecule has 1 atom stereocenters. The van der Waals surface area contributed by atoms with E-state index in [1.807, 2.05) is 48.5 Å². The summed E-state index contributed by atoms with van der Waals surface area (Å²) in [4.78, 5) is 12.1. The normalized spacial score (nSPS) is 12.5. The van der Waals surface area contributed by atoms with Gasteiger partial charge in [0, 0.05) is 12.2 Å². The van der Waals surface area contributed by atoms with Crippen LogP contribution in [0.2, 0.25) is 0 Å². The van der Waals surface area contributed by atoms with Gasteiger partial charge in [-0.15, -0.1) is 0 Å². The smallest absolute Gasteiger partial charge is 0.435 e. The van der Waals surface area contributed by atoms with Crippen molar-refractivity contribution in [2.75, 3.05) is 5.32 Å². The molecular weight excluding hydrogens is 531 g/mol. The lowest BCUT2D eigenvalue weighted by molar-refractivity contribution is -0.141. The summed E-state index contributed by atoms with van der Waals surface area (Å²) in [6.07, 6.45) is -5.27. The third kappa shape index (κ3) is 7.76. The fraction of sp³-hybridized carbons (Fsp3) is 0.226. The number of rotatable bonds is 8. The Morgan fingerprint density at radius 3 is 2.34 bits per heavy atom. The summed E-state index contributed by atoms with van der Waals surface area (Å²) in [5.74, 6) is 0. The zero-order chi connectivity index (χ0) is 29.8. The Kier molecular flexibility index (Phi) is 8.53. The quantitative estimate of drug-likeness (QED) is 0.214. The Hall–Kier alpha value is -4.57. The first-order chi connectivity index (χ1) is 19.3. The van der Waals surface area contributed by atoms with Gasteiger partial charge < -0.3 is 21.1 Å². The second-order valence-electron chi connectivity index (χ2n) is 10.5. The second kappa shape index (κ2) is 11.9. The summed E-state index contributed by atoms with van der Waals surface area (Å²) in [6, 6.07) is 24.1. The molecule has 41 heavy (non-hydrogen) atoms. The average Bonchev–Trinajstić information content (AvgIpc) is 3.38. The number of amides is 1. The van der Waals surface area contributed by atoms with Crippen molar-refractivity contribution in [1.82, 2.24) is 15.1 Å². The molecule has 1 amide bonds. The molecule has 10 heteroatoms. The Morgan fingerprint density at radius 2 is 1.66 bits per heavy atom. The van der Waals surface area contributed by atoms with Crippen LogP contribution >= 0.6 is 0 Å². The van der Waals surface area contributed by atoms with Crippen LogP contribution in [0.5, 0.6) is 0 Å². The van der Waals surface area contributed by atoms with Crippen LogP contribution in [0.1, 0.15) is 54.9 Å². The number of carbonyl (C=O) groups excluding carboxylic acids is 1. The molecule has 4 rings (SSSR count). The van der Waals surface area contributed by atoms with E-state index in [0.29, 0.717) is 16.9 Å². The van der Waals surface area contributed by atoms with Gasteiger partial charge in [0.2, 0.25) is 0 Å². The predicted octanol–water partition coefficient (Wildman–Crippen LogP) is 7.05. The highest BCUT2D eigenvalue weighted by Gasteiger charge is 2.35. The zero-order valence-electron chi connectivity index (χ0n) is 23.0. The van der Waals surface area contributed by atoms with Gasteiger partial charge in [0.15, 0.2) is 5.69 Å². The summed E-state index contributed by atoms with van der Waals surface area (Å²) < 4.78 is 47.6. The number of aromatic nitrogens is 2. The molecule has 0 aliphatic carbocycles. The van der Waals surface area contributed by atoms with Gasteiger partial charge in [-0.1, -0.05) is 61.2 Å². The van der Waals surface area contributed by atoms with Crippen molar-refractivity contribution < 1.29 is 22.7 Å². The van der Waals surface area contributed by atoms with E-state index < -0.39 is 23.6 Å². The Morgan fingerprint density at radius 1 is 0.976 bits per heavy atom. The molecule has 0 saturated carbocycles. The molecule has 1 heterocycles. The summed E-state index contributed by atoms with van der Waals surface area (Å²) in [5.41, 5.74) is 8.40. The summed E-state index contributed by atoms with van der Waals surface area (Å²) >= 11 is 0. The number of benzene rings is 3. The molecular formula is C31H32F3N5O2. The Bertz CT molecular complexity index is 1520. The molecule has 3 aromatic carbocycles. The highest BCUT2D eigenvalue weighted by molar-refractivity contribution is 5.75. The van der Waals surface area contributed by atoms with Crippen LogP contribution in [-0.4, -0.2) is 21.5 Å². The highest BCUT2D eigenvalue weighted by Crippen LogP contribution is 2.32. The number of nitrogens with zero attached hydrogens (tertiary/aromatic N) is 2. The van der Waals surface area contributed by atoms with Crippen LogP contribution in [0.4, 0.5) is 23.7 Å². The number of carbonyl (C=O) groups is 1. The van der Waals surface area contributed by atoms with E-state index in [-0.39, 0.29) is 24.0 Å². The van der Waals surface area contributed by atoms with E-state index in [1.165, 1.54) is 4.68 Å². The maximum Gasteiger partial charge on any atom is 0.435 e. The first kappa shape index (κ1) is 29.4. The number of alkyl halides is 3. The lowest BCUT2D eigenvalue weighted by Gasteiger charge is -2.19. The van der Waals surface area contributed by atoms with E-state index in [1.54, 1.807) is 51.1 Å². The highest BCUT2D eigenvalue weighted by atomic mass is 19.4. The molecule has 7 nitrogen and oxygen atoms in total. The Balaban J connectivity index is 1.59. The molecule has 0 bridgehead atoms. The van der Waals surface area contributed by atoms with Crippen molar-refractivity contribution in [3.8, 4) is 5.69 Å². The van der Waals surface area contributed by atoms with E-state index in [0.717, 1.165) is 17.2 Å². The maximum absolute atomic E-state index is 13.7. The maximum atomic E-state index is 13.7. The number of hydrogen-bond acceptors (Lipinski definition) is 5. The third-order valence-corrected chi connectivity index (χ3v) is 6.00. The predicted molar refractivity (Wildman–Crippen MR) is 153 cm³/mol. The van der Waals surface area contributed by atoms with Gasteiger partial charge in [-0.2, -0.15) is 18.3 Å². The number of hydrogen-bond donors (Lipinski definition) is 3. The van der Waals surface area contributed by atoms with E-state index >= 15 is 0 Å². The molecule has 4 N–H and O–H groups in total. The molecule has 214 valence electrons. The molecule has 0 saturated heterocycles. The van der Waals surface area contributed by atoms with E-state index in [9.17, 15) is 18.0 Å². The van der Waals surface area contributed by atoms with Crippen LogP contribution in [0.25, 0.3) is 11.4 Å². The van der Waals surface area contributed by atoms with Crippen LogP contribution in [0.3, 0.4) is 0 Å². The molecule has 0 fully saturated rings. The van der Waals surface area contributed by atoms with Gasteiger partial charge in [0.25, 0.3) is 0 Å². The van der Waals surface area contributed by atoms with Crippen molar-refractivity contribution in [2.24, 2.45) is 5.73 Å². The number of anilines is 1. The number of nitrogens with one attached hydrogen (secondary N) is 2. The topological polar surface area (TPSA) is 94.2 Å². The molecule has 0 aliphatic rings. The molecule has 4 aromatic rings. The average molecular weight is 564 g/mol. The van der Waals surface area contributed by atoms with Crippen molar-refractivity contribution in [3.63, 3.8) is 0 Å². The lowest BCUT2D eigenvalue weighted by atomic mass is 9.99. The van der Waals surface area contributed by atoms with Gasteiger partial charge in [-0.3, -0.25) is 0 Å². The van der Waals surface area contributed by atoms with Crippen molar-refractivity contribution in [2.45, 2.75) is 45.1 Å². The van der Waals surface area contributed by atoms with E-state index in [2.05, 4.69) is 22.3 Å². The Labute approximate surface area is 236 Å². The lowest BCUT2D eigenvalue weighted by Crippen LogP contribution is -2.32. The minimum atomic E-state index is -4.67. The van der Waals surface area contributed by atoms with Crippen LogP contribution in [0, 0.1) is 0 Å². The van der Waals surface area contributed by atoms with Crippen LogP contribution in [0.15, 0.2) is 91.5 Å². The molecule has 0 radical (unpaired) electrons. The van der Waals surface area contributed by atoms with Gasteiger partial charge in [0.1, 0.15) is 5.60 Å². The number of halogens is 3. The first-order valence-electron chi connectivity index (χ1n) is 12.9. The third-order valence-electron chi connectivity index (χ3n) is 6.00. The minimum absolute atomic E-state index is 0.110. The molecule has 1 aromatic heterocycles. The molecule has 0 aliphatic heterocycles.